The lowest BCUT2D eigenvalue weighted by molar-refractivity contribution is -0.136. The zero-order chi connectivity index (χ0) is 22.9. The SMILES string of the molecule is C=CCOC[C@@H](O)CN(CC)CC(=O)N1CCc2sccc2[C@@H]1COc1ccccc1C. The Bertz CT molecular complexity index is 884. The van der Waals surface area contributed by atoms with Crippen molar-refractivity contribution >= 4 is 17.2 Å². The summed E-state index contributed by atoms with van der Waals surface area (Å²) in [6.45, 7) is 10.7. The summed E-state index contributed by atoms with van der Waals surface area (Å²) >= 11 is 1.75. The molecule has 1 N–H and O–H groups in total. The third kappa shape index (κ3) is 6.42. The number of hydrogen-bond acceptors (Lipinski definition) is 6. The molecule has 0 aliphatic carbocycles. The topological polar surface area (TPSA) is 62.2 Å². The summed E-state index contributed by atoms with van der Waals surface area (Å²) < 4.78 is 11.5. The maximum atomic E-state index is 13.3. The third-order valence-corrected chi connectivity index (χ3v) is 6.72. The van der Waals surface area contributed by atoms with Crippen LogP contribution in [0.25, 0.3) is 0 Å². The van der Waals surface area contributed by atoms with E-state index in [0.29, 0.717) is 32.8 Å². The number of fused-ring (bicyclic) bond motifs is 1. The number of benzene rings is 1. The van der Waals surface area contributed by atoms with Crippen molar-refractivity contribution in [2.75, 3.05) is 46.0 Å². The molecule has 0 spiro atoms. The largest absolute Gasteiger partial charge is 0.491 e. The Morgan fingerprint density at radius 3 is 2.97 bits per heavy atom. The fourth-order valence-electron chi connectivity index (χ4n) is 3.99. The first-order valence-electron chi connectivity index (χ1n) is 11.2. The van der Waals surface area contributed by atoms with E-state index < -0.39 is 6.10 Å². The number of nitrogens with zero attached hydrogens (tertiary/aromatic N) is 2. The fraction of sp³-hybridized carbons (Fsp3) is 0.480. The monoisotopic (exact) mass is 458 g/mol. The highest BCUT2D eigenvalue weighted by Gasteiger charge is 2.33. The van der Waals surface area contributed by atoms with E-state index in [9.17, 15) is 9.90 Å². The standard InChI is InChI=1S/C25H34N2O4S/c1-4-13-30-17-20(28)15-26(5-2)16-25(29)27-12-10-24-21(11-14-32-24)22(27)18-31-23-9-7-6-8-19(23)3/h4,6-9,11,14,20,22,28H,1,5,10,12-13,15-18H2,2-3H3/t20-,22-/m0/s1. The molecule has 1 aromatic carbocycles. The summed E-state index contributed by atoms with van der Waals surface area (Å²) in [7, 11) is 0. The summed E-state index contributed by atoms with van der Waals surface area (Å²) in [6.07, 6.45) is 1.87. The minimum absolute atomic E-state index is 0.0568. The van der Waals surface area contributed by atoms with Crippen LogP contribution in [0, 0.1) is 6.92 Å². The Labute approximate surface area is 195 Å². The van der Waals surface area contributed by atoms with Gasteiger partial charge in [0.05, 0.1) is 31.9 Å². The normalized spacial score (nSPS) is 16.6. The Balaban J connectivity index is 1.66. The first-order chi connectivity index (χ1) is 15.5. The van der Waals surface area contributed by atoms with E-state index in [1.165, 1.54) is 10.4 Å². The molecule has 32 heavy (non-hydrogen) atoms. The summed E-state index contributed by atoms with van der Waals surface area (Å²) in [6, 6.07) is 9.95. The molecule has 7 heteroatoms. The highest BCUT2D eigenvalue weighted by atomic mass is 32.1. The van der Waals surface area contributed by atoms with Crippen LogP contribution in [0.2, 0.25) is 0 Å². The maximum Gasteiger partial charge on any atom is 0.237 e. The Morgan fingerprint density at radius 2 is 2.22 bits per heavy atom. The first-order valence-corrected chi connectivity index (χ1v) is 12.0. The number of hydrogen-bond donors (Lipinski definition) is 1. The molecule has 3 rings (SSSR count). The molecule has 0 saturated heterocycles. The van der Waals surface area contributed by atoms with E-state index in [1.54, 1.807) is 17.4 Å². The molecule has 2 aromatic rings. The molecular weight excluding hydrogens is 424 g/mol. The molecule has 1 aliphatic rings. The van der Waals surface area contributed by atoms with Gasteiger partial charge in [0.2, 0.25) is 5.91 Å². The van der Waals surface area contributed by atoms with Gasteiger partial charge in [0.25, 0.3) is 0 Å². The van der Waals surface area contributed by atoms with Crippen LogP contribution >= 0.6 is 11.3 Å². The summed E-state index contributed by atoms with van der Waals surface area (Å²) in [5.41, 5.74) is 2.26. The van der Waals surface area contributed by atoms with Crippen molar-refractivity contribution in [1.29, 1.82) is 0 Å². The number of ether oxygens (including phenoxy) is 2. The lowest BCUT2D eigenvalue weighted by atomic mass is 10.0. The van der Waals surface area contributed by atoms with Crippen LogP contribution in [-0.2, 0) is 16.0 Å². The van der Waals surface area contributed by atoms with Crippen LogP contribution in [0.5, 0.6) is 5.75 Å². The second-order valence-corrected chi connectivity index (χ2v) is 9.04. The number of aliphatic hydroxyl groups excluding tert-OH is 1. The molecule has 0 saturated carbocycles. The second-order valence-electron chi connectivity index (χ2n) is 8.04. The lowest BCUT2D eigenvalue weighted by Gasteiger charge is -2.37. The van der Waals surface area contributed by atoms with E-state index >= 15 is 0 Å². The van der Waals surface area contributed by atoms with Crippen molar-refractivity contribution in [3.8, 4) is 5.75 Å². The molecule has 6 nitrogen and oxygen atoms in total. The van der Waals surface area contributed by atoms with Crippen LogP contribution in [-0.4, -0.2) is 72.9 Å². The Hall–Kier alpha value is -2.19. The minimum Gasteiger partial charge on any atom is -0.491 e. The van der Waals surface area contributed by atoms with Gasteiger partial charge in [0.1, 0.15) is 12.4 Å². The number of amides is 1. The van der Waals surface area contributed by atoms with Gasteiger partial charge in [0, 0.05) is 18.0 Å². The molecule has 0 bridgehead atoms. The van der Waals surface area contributed by atoms with Crippen molar-refractivity contribution in [1.82, 2.24) is 9.80 Å². The van der Waals surface area contributed by atoms with Gasteiger partial charge in [-0.05, 0) is 48.5 Å². The fourth-order valence-corrected chi connectivity index (χ4v) is 4.92. The molecule has 1 aromatic heterocycles. The van der Waals surface area contributed by atoms with Crippen LogP contribution in [0.15, 0.2) is 48.4 Å². The minimum atomic E-state index is -0.646. The Morgan fingerprint density at radius 1 is 1.41 bits per heavy atom. The number of carbonyl (C=O) groups is 1. The van der Waals surface area contributed by atoms with Gasteiger partial charge in [-0.2, -0.15) is 0 Å². The Kier molecular flexibility index (Phi) is 9.29. The highest BCUT2D eigenvalue weighted by molar-refractivity contribution is 7.10. The number of para-hydroxylation sites is 1. The van der Waals surface area contributed by atoms with Crippen LogP contribution < -0.4 is 4.74 Å². The van der Waals surface area contributed by atoms with Gasteiger partial charge in [-0.3, -0.25) is 9.69 Å². The van der Waals surface area contributed by atoms with E-state index in [1.807, 2.05) is 47.9 Å². The van der Waals surface area contributed by atoms with Gasteiger partial charge < -0.3 is 19.5 Å². The maximum absolute atomic E-state index is 13.3. The molecular formula is C25H34N2O4S. The van der Waals surface area contributed by atoms with Crippen LogP contribution in [0.1, 0.15) is 29.0 Å². The zero-order valence-electron chi connectivity index (χ0n) is 19.0. The number of rotatable bonds is 12. The van der Waals surface area contributed by atoms with E-state index in [-0.39, 0.29) is 25.1 Å². The highest BCUT2D eigenvalue weighted by Crippen LogP contribution is 2.34. The lowest BCUT2D eigenvalue weighted by Crippen LogP contribution is -2.48. The molecule has 1 aliphatic heterocycles. The molecule has 0 radical (unpaired) electrons. The van der Waals surface area contributed by atoms with Crippen LogP contribution in [0.3, 0.4) is 0 Å². The van der Waals surface area contributed by atoms with Crippen molar-refractivity contribution in [2.24, 2.45) is 0 Å². The van der Waals surface area contributed by atoms with Crippen molar-refractivity contribution in [2.45, 2.75) is 32.4 Å². The van der Waals surface area contributed by atoms with E-state index in [0.717, 1.165) is 17.7 Å². The predicted molar refractivity (Wildman–Crippen MR) is 128 cm³/mol. The van der Waals surface area contributed by atoms with Gasteiger partial charge in [-0.15, -0.1) is 17.9 Å². The third-order valence-electron chi connectivity index (χ3n) is 5.73. The van der Waals surface area contributed by atoms with E-state index in [4.69, 9.17) is 9.47 Å². The molecule has 2 heterocycles. The first kappa shape index (κ1) is 24.5. The zero-order valence-corrected chi connectivity index (χ0v) is 19.9. The number of aliphatic hydroxyl groups is 1. The number of carbonyl (C=O) groups excluding carboxylic acids is 1. The molecule has 1 amide bonds. The average Bonchev–Trinajstić information content (AvgIpc) is 3.27. The summed E-state index contributed by atoms with van der Waals surface area (Å²) in [4.78, 5) is 18.6. The number of aryl methyl sites for hydroxylation is 1. The van der Waals surface area contributed by atoms with Crippen molar-refractivity contribution in [3.63, 3.8) is 0 Å². The number of likely N-dealkylation sites (N-methyl/N-ethyl adjacent to an activating group) is 1. The van der Waals surface area contributed by atoms with Gasteiger partial charge in [-0.25, -0.2) is 0 Å². The molecule has 2 atom stereocenters. The molecule has 0 fully saturated rings. The molecule has 0 unspecified atom stereocenters. The van der Waals surface area contributed by atoms with Crippen molar-refractivity contribution < 1.29 is 19.4 Å². The smallest absolute Gasteiger partial charge is 0.237 e. The average molecular weight is 459 g/mol. The summed E-state index contributed by atoms with van der Waals surface area (Å²) in [5.74, 6) is 0.904. The molecule has 174 valence electrons. The quantitative estimate of drug-likeness (QED) is 0.390. The second kappa shape index (κ2) is 12.2. The number of thiophene rings is 1. The van der Waals surface area contributed by atoms with E-state index in [2.05, 4.69) is 18.0 Å². The van der Waals surface area contributed by atoms with Gasteiger partial charge >= 0.3 is 0 Å². The van der Waals surface area contributed by atoms with Crippen molar-refractivity contribution in [3.05, 3.63) is 64.4 Å². The summed E-state index contributed by atoms with van der Waals surface area (Å²) in [5, 5.41) is 12.3. The van der Waals surface area contributed by atoms with Crippen LogP contribution in [0.4, 0.5) is 0 Å². The van der Waals surface area contributed by atoms with Gasteiger partial charge in [-0.1, -0.05) is 31.2 Å². The predicted octanol–water partition coefficient (Wildman–Crippen LogP) is 3.45. The van der Waals surface area contributed by atoms with Gasteiger partial charge in [0.15, 0.2) is 0 Å².